The molecule has 0 amide bonds. The van der Waals surface area contributed by atoms with Crippen LogP contribution in [0.3, 0.4) is 0 Å². The van der Waals surface area contributed by atoms with Crippen LogP contribution in [-0.2, 0) is 16.5 Å². The third-order valence-electron chi connectivity index (χ3n) is 3.93. The lowest BCUT2D eigenvalue weighted by Crippen LogP contribution is -2.08. The maximum Gasteiger partial charge on any atom is 0.294 e. The first kappa shape index (κ1) is 19.1. The van der Waals surface area contributed by atoms with Crippen LogP contribution in [0.1, 0.15) is 63.0 Å². The van der Waals surface area contributed by atoms with Crippen molar-refractivity contribution in [2.75, 3.05) is 0 Å². The van der Waals surface area contributed by atoms with Crippen LogP contribution in [-0.4, -0.2) is 19.1 Å². The number of hydrogen-bond acceptors (Lipinski definition) is 2. The van der Waals surface area contributed by atoms with Gasteiger partial charge in [-0.05, 0) is 36.6 Å². The van der Waals surface area contributed by atoms with Crippen LogP contribution in [0.15, 0.2) is 23.1 Å². The van der Waals surface area contributed by atoms with E-state index in [4.69, 9.17) is 4.55 Å². The van der Waals surface area contributed by atoms with Crippen molar-refractivity contribution in [3.05, 3.63) is 29.3 Å². The molecule has 0 unspecified atom stereocenters. The summed E-state index contributed by atoms with van der Waals surface area (Å²) in [6.45, 7) is 3.99. The van der Waals surface area contributed by atoms with E-state index in [2.05, 4.69) is 6.92 Å². The Morgan fingerprint density at radius 2 is 1.77 bits per heavy atom. The average Bonchev–Trinajstić information content (AvgIpc) is 2.44. The number of benzene rings is 1. The highest BCUT2D eigenvalue weighted by Crippen LogP contribution is 2.20. The van der Waals surface area contributed by atoms with Gasteiger partial charge in [-0.3, -0.25) is 4.55 Å². The first-order valence-corrected chi connectivity index (χ1v) is 9.49. The Labute approximate surface area is 133 Å². The molecule has 0 fully saturated rings. The van der Waals surface area contributed by atoms with Crippen LogP contribution < -0.4 is 0 Å². The van der Waals surface area contributed by atoms with E-state index >= 15 is 0 Å². The molecular formula is C17H27FO3S. The molecule has 1 N–H and O–H groups in total. The van der Waals surface area contributed by atoms with Crippen molar-refractivity contribution in [2.24, 2.45) is 0 Å². The van der Waals surface area contributed by atoms with Crippen LogP contribution in [0.25, 0.3) is 0 Å². The number of unbranched alkanes of at least 4 members (excludes halogenated alkanes) is 5. The molecule has 0 aromatic heterocycles. The fourth-order valence-corrected chi connectivity index (χ4v) is 3.05. The molecule has 1 aromatic carbocycles. The maximum atomic E-state index is 14.1. The van der Waals surface area contributed by atoms with E-state index in [0.29, 0.717) is 12.0 Å². The van der Waals surface area contributed by atoms with Crippen molar-refractivity contribution in [1.29, 1.82) is 0 Å². The number of aryl methyl sites for hydroxylation is 1. The minimum Gasteiger partial charge on any atom is -0.282 e. The summed E-state index contributed by atoms with van der Waals surface area (Å²) >= 11 is 0. The normalized spacial score (nSPS) is 13.3. The predicted octanol–water partition coefficient (Wildman–Crippen LogP) is 4.87. The standard InChI is InChI=1S/C17H27FO3S/c1-3-4-5-6-7-8-9-16(18)12-15-13-17(22(19,20)21)11-10-14(15)2/h10-11,13,16H,3-9,12H2,1-2H3,(H,19,20,21)/t16-/m0/s1. The molecule has 22 heavy (non-hydrogen) atoms. The van der Waals surface area contributed by atoms with Gasteiger partial charge in [-0.25, -0.2) is 4.39 Å². The van der Waals surface area contributed by atoms with Crippen molar-refractivity contribution < 1.29 is 17.4 Å². The smallest absolute Gasteiger partial charge is 0.282 e. The van der Waals surface area contributed by atoms with Crippen LogP contribution in [0.5, 0.6) is 0 Å². The zero-order valence-corrected chi connectivity index (χ0v) is 14.3. The molecule has 0 spiro atoms. The minimum atomic E-state index is -4.23. The maximum absolute atomic E-state index is 14.1. The van der Waals surface area contributed by atoms with Gasteiger partial charge >= 0.3 is 0 Å². The lowest BCUT2D eigenvalue weighted by Gasteiger charge is -2.11. The Kier molecular flexibility index (Phi) is 8.04. The lowest BCUT2D eigenvalue weighted by atomic mass is 9.99. The van der Waals surface area contributed by atoms with Crippen molar-refractivity contribution in [2.45, 2.75) is 76.3 Å². The van der Waals surface area contributed by atoms with E-state index in [1.165, 1.54) is 31.4 Å². The summed E-state index contributed by atoms with van der Waals surface area (Å²) in [4.78, 5) is -0.167. The summed E-state index contributed by atoms with van der Waals surface area (Å²) in [6.07, 6.45) is 6.44. The van der Waals surface area contributed by atoms with Crippen molar-refractivity contribution in [1.82, 2.24) is 0 Å². The summed E-state index contributed by atoms with van der Waals surface area (Å²) < 4.78 is 45.4. The van der Waals surface area contributed by atoms with E-state index in [-0.39, 0.29) is 11.3 Å². The highest BCUT2D eigenvalue weighted by Gasteiger charge is 2.14. The summed E-state index contributed by atoms with van der Waals surface area (Å²) in [5.74, 6) is 0. The molecule has 1 rings (SSSR count). The number of rotatable bonds is 10. The zero-order valence-electron chi connectivity index (χ0n) is 13.5. The topological polar surface area (TPSA) is 54.4 Å². The highest BCUT2D eigenvalue weighted by molar-refractivity contribution is 7.85. The molecular weight excluding hydrogens is 303 g/mol. The largest absolute Gasteiger partial charge is 0.294 e. The molecule has 0 saturated carbocycles. The van der Waals surface area contributed by atoms with Gasteiger partial charge in [0.2, 0.25) is 0 Å². The molecule has 0 aliphatic heterocycles. The molecule has 126 valence electrons. The van der Waals surface area contributed by atoms with E-state index in [9.17, 15) is 12.8 Å². The molecule has 0 bridgehead atoms. The molecule has 1 aromatic rings. The van der Waals surface area contributed by atoms with Crippen LogP contribution >= 0.6 is 0 Å². The van der Waals surface area contributed by atoms with Gasteiger partial charge in [-0.2, -0.15) is 8.42 Å². The molecule has 0 saturated heterocycles. The summed E-state index contributed by atoms with van der Waals surface area (Å²) in [6, 6.07) is 4.32. The predicted molar refractivity (Wildman–Crippen MR) is 87.6 cm³/mol. The monoisotopic (exact) mass is 330 g/mol. The molecule has 0 aliphatic carbocycles. The van der Waals surface area contributed by atoms with Gasteiger partial charge in [0.1, 0.15) is 6.17 Å². The number of alkyl halides is 1. The second-order valence-corrected chi connectivity index (χ2v) is 7.34. The van der Waals surface area contributed by atoms with Gasteiger partial charge in [0.05, 0.1) is 4.90 Å². The van der Waals surface area contributed by atoms with Gasteiger partial charge in [0.15, 0.2) is 0 Å². The quantitative estimate of drug-likeness (QED) is 0.492. The molecule has 0 radical (unpaired) electrons. The van der Waals surface area contributed by atoms with Gasteiger partial charge in [-0.15, -0.1) is 0 Å². The molecule has 3 nitrogen and oxygen atoms in total. The van der Waals surface area contributed by atoms with Gasteiger partial charge in [0, 0.05) is 6.42 Å². The fraction of sp³-hybridized carbons (Fsp3) is 0.647. The third kappa shape index (κ3) is 6.88. The zero-order chi connectivity index (χ0) is 16.6. The summed E-state index contributed by atoms with van der Waals surface area (Å²) in [7, 11) is -4.23. The Hall–Kier alpha value is -0.940. The van der Waals surface area contributed by atoms with Crippen LogP contribution in [0, 0.1) is 6.92 Å². The second-order valence-electron chi connectivity index (χ2n) is 5.92. The first-order chi connectivity index (χ1) is 10.3. The number of hydrogen-bond donors (Lipinski definition) is 1. The highest BCUT2D eigenvalue weighted by atomic mass is 32.2. The Balaban J connectivity index is 2.48. The Morgan fingerprint density at radius 1 is 1.14 bits per heavy atom. The van der Waals surface area contributed by atoms with Crippen LogP contribution in [0.2, 0.25) is 0 Å². The number of halogens is 1. The van der Waals surface area contributed by atoms with Crippen molar-refractivity contribution in [3.8, 4) is 0 Å². The van der Waals surface area contributed by atoms with Crippen LogP contribution in [0.4, 0.5) is 4.39 Å². The Bertz CT molecular complexity index is 555. The van der Waals surface area contributed by atoms with E-state index in [1.807, 2.05) is 6.92 Å². The van der Waals surface area contributed by atoms with Crippen molar-refractivity contribution in [3.63, 3.8) is 0 Å². The van der Waals surface area contributed by atoms with Crippen molar-refractivity contribution >= 4 is 10.1 Å². The molecule has 1 atom stereocenters. The Morgan fingerprint density at radius 3 is 2.41 bits per heavy atom. The van der Waals surface area contributed by atoms with E-state index < -0.39 is 16.3 Å². The SMILES string of the molecule is CCCCCCCC[C@H](F)Cc1cc(S(=O)(=O)O)ccc1C. The molecule has 0 heterocycles. The summed E-state index contributed by atoms with van der Waals surface area (Å²) in [5.41, 5.74) is 1.49. The lowest BCUT2D eigenvalue weighted by molar-refractivity contribution is 0.302. The van der Waals surface area contributed by atoms with E-state index in [1.54, 1.807) is 6.07 Å². The summed E-state index contributed by atoms with van der Waals surface area (Å²) in [5, 5.41) is 0. The molecule has 5 heteroatoms. The molecule has 0 aliphatic rings. The fourth-order valence-electron chi connectivity index (χ4n) is 2.52. The van der Waals surface area contributed by atoms with Gasteiger partial charge < -0.3 is 0 Å². The van der Waals surface area contributed by atoms with Gasteiger partial charge in [0.25, 0.3) is 10.1 Å². The second kappa shape index (κ2) is 9.26. The minimum absolute atomic E-state index is 0.167. The van der Waals surface area contributed by atoms with E-state index in [0.717, 1.165) is 24.8 Å². The first-order valence-electron chi connectivity index (χ1n) is 8.05. The average molecular weight is 330 g/mol. The van der Waals surface area contributed by atoms with Gasteiger partial charge in [-0.1, -0.05) is 51.5 Å². The third-order valence-corrected chi connectivity index (χ3v) is 4.78.